The lowest BCUT2D eigenvalue weighted by Crippen LogP contribution is -2.06. The van der Waals surface area contributed by atoms with Crippen molar-refractivity contribution < 1.29 is 13.2 Å². The normalized spacial score (nSPS) is 13.3. The topological polar surface area (TPSA) is 0 Å². The van der Waals surface area contributed by atoms with E-state index < -0.39 is 17.1 Å². The van der Waals surface area contributed by atoms with Crippen LogP contribution in [0.5, 0.6) is 0 Å². The third-order valence-corrected chi connectivity index (χ3v) is 3.38. The van der Waals surface area contributed by atoms with E-state index in [-0.39, 0.29) is 0 Å². The highest BCUT2D eigenvalue weighted by atomic mass is 35.5. The molecule has 1 unspecified atom stereocenters. The van der Waals surface area contributed by atoms with Gasteiger partial charge in [-0.05, 0) is 30.2 Å². The van der Waals surface area contributed by atoms with Crippen LogP contribution in [-0.2, 0) is 6.18 Å². The van der Waals surface area contributed by atoms with E-state index in [1.165, 1.54) is 6.07 Å². The third kappa shape index (κ3) is 3.29. The molecule has 2 aromatic rings. The second-order valence-corrected chi connectivity index (χ2v) is 4.83. The summed E-state index contributed by atoms with van der Waals surface area (Å²) >= 11 is 6.24. The van der Waals surface area contributed by atoms with Crippen LogP contribution in [0.25, 0.3) is 0 Å². The zero-order valence-electron chi connectivity index (χ0n) is 10.2. The first kappa shape index (κ1) is 13.9. The maximum atomic E-state index is 12.6. The summed E-state index contributed by atoms with van der Waals surface area (Å²) in [5.74, 6) is 0. The smallest absolute Gasteiger partial charge is 0.166 e. The summed E-state index contributed by atoms with van der Waals surface area (Å²) in [5, 5.41) is -0.581. The van der Waals surface area contributed by atoms with Gasteiger partial charge in [0.25, 0.3) is 0 Å². The third-order valence-electron chi connectivity index (χ3n) is 2.88. The maximum Gasteiger partial charge on any atom is 0.416 e. The summed E-state index contributed by atoms with van der Waals surface area (Å²) in [4.78, 5) is 0. The number of rotatable bonds is 2. The molecule has 2 rings (SSSR count). The van der Waals surface area contributed by atoms with E-state index in [2.05, 4.69) is 0 Å². The van der Waals surface area contributed by atoms with Crippen LogP contribution >= 0.6 is 11.6 Å². The monoisotopic (exact) mass is 284 g/mol. The number of hydrogen-bond donors (Lipinski definition) is 0. The van der Waals surface area contributed by atoms with E-state index >= 15 is 0 Å². The molecule has 0 saturated heterocycles. The molecule has 0 spiro atoms. The Morgan fingerprint density at radius 2 is 1.58 bits per heavy atom. The quantitative estimate of drug-likeness (QED) is 0.653. The van der Waals surface area contributed by atoms with Gasteiger partial charge in [0.1, 0.15) is 0 Å². The van der Waals surface area contributed by atoms with Crippen molar-refractivity contribution in [2.45, 2.75) is 18.5 Å². The molecule has 19 heavy (non-hydrogen) atoms. The number of alkyl halides is 4. The molecule has 0 amide bonds. The lowest BCUT2D eigenvalue weighted by atomic mass is 10.0. The predicted molar refractivity (Wildman–Crippen MR) is 70.3 cm³/mol. The molecule has 0 aromatic heterocycles. The standard InChI is InChI=1S/C15H12ClF3/c1-10-5-7-11(8-6-10)14(16)12-3-2-4-13(9-12)15(17,18)19/h2-9,14H,1H3. The van der Waals surface area contributed by atoms with Crippen molar-refractivity contribution in [1.82, 2.24) is 0 Å². The van der Waals surface area contributed by atoms with E-state index in [0.717, 1.165) is 23.3 Å². The van der Waals surface area contributed by atoms with E-state index in [0.29, 0.717) is 5.56 Å². The molecule has 1 atom stereocenters. The highest BCUT2D eigenvalue weighted by Crippen LogP contribution is 2.34. The summed E-state index contributed by atoms with van der Waals surface area (Å²) in [6, 6.07) is 12.5. The lowest BCUT2D eigenvalue weighted by Gasteiger charge is -2.13. The first-order valence-corrected chi connectivity index (χ1v) is 6.19. The minimum atomic E-state index is -4.35. The Morgan fingerprint density at radius 1 is 0.947 bits per heavy atom. The zero-order chi connectivity index (χ0) is 14.0. The predicted octanol–water partition coefficient (Wildman–Crippen LogP) is 5.34. The zero-order valence-corrected chi connectivity index (χ0v) is 11.0. The highest BCUT2D eigenvalue weighted by Gasteiger charge is 2.30. The first-order chi connectivity index (χ1) is 8.88. The van der Waals surface area contributed by atoms with Gasteiger partial charge in [-0.1, -0.05) is 42.0 Å². The second kappa shape index (κ2) is 5.25. The summed E-state index contributed by atoms with van der Waals surface area (Å²) in [7, 11) is 0. The lowest BCUT2D eigenvalue weighted by molar-refractivity contribution is -0.137. The number of halogens is 4. The number of aryl methyl sites for hydroxylation is 1. The molecule has 0 radical (unpaired) electrons. The van der Waals surface area contributed by atoms with Crippen molar-refractivity contribution in [3.8, 4) is 0 Å². The molecule has 0 N–H and O–H groups in total. The van der Waals surface area contributed by atoms with E-state index in [4.69, 9.17) is 11.6 Å². The molecule has 0 bridgehead atoms. The molecule has 100 valence electrons. The van der Waals surface area contributed by atoms with Gasteiger partial charge in [-0.2, -0.15) is 13.2 Å². The van der Waals surface area contributed by atoms with Gasteiger partial charge in [-0.25, -0.2) is 0 Å². The molecule has 0 heterocycles. The molecule has 0 aliphatic rings. The summed E-state index contributed by atoms with van der Waals surface area (Å²) in [6.07, 6.45) is -4.35. The molecule has 0 nitrogen and oxygen atoms in total. The first-order valence-electron chi connectivity index (χ1n) is 5.76. The minimum Gasteiger partial charge on any atom is -0.166 e. The molecule has 0 fully saturated rings. The van der Waals surface area contributed by atoms with Gasteiger partial charge in [0.05, 0.1) is 10.9 Å². The van der Waals surface area contributed by atoms with Gasteiger partial charge in [-0.3, -0.25) is 0 Å². The summed E-state index contributed by atoms with van der Waals surface area (Å²) in [6.45, 7) is 1.94. The van der Waals surface area contributed by atoms with Crippen LogP contribution in [0.2, 0.25) is 0 Å². The van der Waals surface area contributed by atoms with Crippen molar-refractivity contribution in [2.75, 3.05) is 0 Å². The molecule has 0 saturated carbocycles. The molecule has 0 aliphatic heterocycles. The molecule has 4 heteroatoms. The van der Waals surface area contributed by atoms with E-state index in [1.807, 2.05) is 31.2 Å². The average Bonchev–Trinajstić information content (AvgIpc) is 2.38. The van der Waals surface area contributed by atoms with Gasteiger partial charge in [0.2, 0.25) is 0 Å². The van der Waals surface area contributed by atoms with Crippen LogP contribution in [0.1, 0.15) is 27.6 Å². The Kier molecular flexibility index (Phi) is 3.85. The van der Waals surface area contributed by atoms with Gasteiger partial charge >= 0.3 is 6.18 Å². The van der Waals surface area contributed by atoms with Crippen LogP contribution < -0.4 is 0 Å². The highest BCUT2D eigenvalue weighted by molar-refractivity contribution is 6.22. The second-order valence-electron chi connectivity index (χ2n) is 4.40. The van der Waals surface area contributed by atoms with Crippen molar-refractivity contribution in [3.05, 3.63) is 70.8 Å². The van der Waals surface area contributed by atoms with Crippen LogP contribution in [0, 0.1) is 6.92 Å². The molecule has 2 aromatic carbocycles. The Bertz CT molecular complexity index is 558. The SMILES string of the molecule is Cc1ccc(C(Cl)c2cccc(C(F)(F)F)c2)cc1. The van der Waals surface area contributed by atoms with Crippen LogP contribution in [0.4, 0.5) is 13.2 Å². The van der Waals surface area contributed by atoms with Gasteiger partial charge in [0, 0.05) is 0 Å². The Labute approximate surface area is 114 Å². The Morgan fingerprint density at radius 3 is 2.16 bits per heavy atom. The fourth-order valence-corrected chi connectivity index (χ4v) is 2.08. The average molecular weight is 285 g/mol. The van der Waals surface area contributed by atoms with Crippen molar-refractivity contribution in [2.24, 2.45) is 0 Å². The number of hydrogen-bond acceptors (Lipinski definition) is 0. The maximum absolute atomic E-state index is 12.6. The van der Waals surface area contributed by atoms with Crippen LogP contribution in [0.15, 0.2) is 48.5 Å². The molecule has 0 aliphatic carbocycles. The van der Waals surface area contributed by atoms with Gasteiger partial charge in [0.15, 0.2) is 0 Å². The van der Waals surface area contributed by atoms with Crippen LogP contribution in [0.3, 0.4) is 0 Å². The number of benzene rings is 2. The van der Waals surface area contributed by atoms with E-state index in [9.17, 15) is 13.2 Å². The van der Waals surface area contributed by atoms with Crippen molar-refractivity contribution >= 4 is 11.6 Å². The largest absolute Gasteiger partial charge is 0.416 e. The Balaban J connectivity index is 2.34. The molecular weight excluding hydrogens is 273 g/mol. The van der Waals surface area contributed by atoms with Crippen LogP contribution in [-0.4, -0.2) is 0 Å². The van der Waals surface area contributed by atoms with Gasteiger partial charge in [-0.15, -0.1) is 11.6 Å². The van der Waals surface area contributed by atoms with Crippen molar-refractivity contribution in [1.29, 1.82) is 0 Å². The fourth-order valence-electron chi connectivity index (χ4n) is 1.80. The fraction of sp³-hybridized carbons (Fsp3) is 0.200. The molecular formula is C15H12ClF3. The Hall–Kier alpha value is -1.48. The van der Waals surface area contributed by atoms with E-state index in [1.54, 1.807) is 6.07 Å². The summed E-state index contributed by atoms with van der Waals surface area (Å²) in [5.41, 5.74) is 1.63. The minimum absolute atomic E-state index is 0.445. The van der Waals surface area contributed by atoms with Crippen molar-refractivity contribution in [3.63, 3.8) is 0 Å². The van der Waals surface area contributed by atoms with Gasteiger partial charge < -0.3 is 0 Å². The summed E-state index contributed by atoms with van der Waals surface area (Å²) < 4.78 is 37.9.